The van der Waals surface area contributed by atoms with Crippen molar-refractivity contribution in [1.82, 2.24) is 10.3 Å². The number of urea groups is 1. The summed E-state index contributed by atoms with van der Waals surface area (Å²) in [7, 11) is 2.52. The Balaban J connectivity index is 1.78. The second-order valence-electron chi connectivity index (χ2n) is 8.25. The number of nitrogens with one attached hydrogen (secondary N) is 1. The number of aromatic nitrogens is 1. The van der Waals surface area contributed by atoms with Gasteiger partial charge in [0.15, 0.2) is 23.1 Å². The van der Waals surface area contributed by atoms with Crippen molar-refractivity contribution in [3.8, 4) is 11.5 Å². The molecule has 1 aromatic heterocycles. The van der Waals surface area contributed by atoms with Gasteiger partial charge in [-0.25, -0.2) is 13.6 Å². The van der Waals surface area contributed by atoms with Crippen molar-refractivity contribution in [2.45, 2.75) is 39.3 Å². The van der Waals surface area contributed by atoms with Gasteiger partial charge in [0.1, 0.15) is 5.69 Å². The summed E-state index contributed by atoms with van der Waals surface area (Å²) < 4.78 is 40.5. The second kappa shape index (κ2) is 9.21. The number of methoxy groups -OCH3 is 2. The Morgan fingerprint density at radius 1 is 1.18 bits per heavy atom. The number of amides is 3. The van der Waals surface area contributed by atoms with Gasteiger partial charge in [-0.15, -0.1) is 0 Å². The molecule has 1 saturated carbocycles. The van der Waals surface area contributed by atoms with Gasteiger partial charge in [0, 0.05) is 31.3 Å². The topological polar surface area (TPSA) is 84.0 Å². The van der Waals surface area contributed by atoms with Crippen LogP contribution in [-0.2, 0) is 17.9 Å². The summed E-state index contributed by atoms with van der Waals surface area (Å²) in [4.78, 5) is 31.8. The summed E-state index contributed by atoms with van der Waals surface area (Å²) in [6.45, 7) is 1.98. The average Bonchev–Trinajstić information content (AvgIpc) is 2.76. The van der Waals surface area contributed by atoms with E-state index in [1.165, 1.54) is 21.1 Å². The molecule has 33 heavy (non-hydrogen) atoms. The monoisotopic (exact) mass is 460 g/mol. The fourth-order valence-electron chi connectivity index (χ4n) is 4.08. The molecule has 1 aromatic carbocycles. The standard InChI is InChI=1S/C23H26F2N4O4/c1-13(30)26-10-16-7-17-15(9-27-16)12-29(23(31)28(17)11-14-5-4-6-14)22-20(24)18(32-2)8-19(33-3)21(22)25/h7-9,14H,4-6,10-12H2,1-3H3,(H,26,30). The van der Waals surface area contributed by atoms with E-state index in [1.54, 1.807) is 17.2 Å². The number of halogens is 2. The van der Waals surface area contributed by atoms with E-state index < -0.39 is 23.4 Å². The zero-order valence-corrected chi connectivity index (χ0v) is 18.8. The quantitative estimate of drug-likeness (QED) is 0.680. The van der Waals surface area contributed by atoms with Gasteiger partial charge in [0.25, 0.3) is 0 Å². The molecule has 1 N–H and O–H groups in total. The van der Waals surface area contributed by atoms with Crippen molar-refractivity contribution in [3.63, 3.8) is 0 Å². The molecule has 2 heterocycles. The van der Waals surface area contributed by atoms with E-state index >= 15 is 8.78 Å². The van der Waals surface area contributed by atoms with E-state index in [1.807, 2.05) is 0 Å². The fourth-order valence-corrected chi connectivity index (χ4v) is 4.08. The van der Waals surface area contributed by atoms with E-state index in [2.05, 4.69) is 10.3 Å². The summed E-state index contributed by atoms with van der Waals surface area (Å²) >= 11 is 0. The van der Waals surface area contributed by atoms with Crippen LogP contribution in [0.2, 0.25) is 0 Å². The number of hydrogen-bond donors (Lipinski definition) is 1. The van der Waals surface area contributed by atoms with Crippen LogP contribution in [0.3, 0.4) is 0 Å². The van der Waals surface area contributed by atoms with Crippen LogP contribution in [0.25, 0.3) is 0 Å². The van der Waals surface area contributed by atoms with Crippen LogP contribution in [0.5, 0.6) is 11.5 Å². The molecule has 176 valence electrons. The van der Waals surface area contributed by atoms with Crippen LogP contribution >= 0.6 is 0 Å². The molecule has 0 radical (unpaired) electrons. The molecule has 1 fully saturated rings. The number of anilines is 2. The van der Waals surface area contributed by atoms with Crippen molar-refractivity contribution in [3.05, 3.63) is 41.2 Å². The van der Waals surface area contributed by atoms with Crippen molar-refractivity contribution in [2.24, 2.45) is 5.92 Å². The normalized spacial score (nSPS) is 15.7. The number of nitrogens with zero attached hydrogens (tertiary/aromatic N) is 3. The number of pyridine rings is 1. The highest BCUT2D eigenvalue weighted by Gasteiger charge is 2.38. The predicted molar refractivity (Wildman–Crippen MR) is 117 cm³/mol. The maximum Gasteiger partial charge on any atom is 0.329 e. The van der Waals surface area contributed by atoms with Crippen LogP contribution in [0, 0.1) is 17.6 Å². The van der Waals surface area contributed by atoms with Gasteiger partial charge in [-0.2, -0.15) is 0 Å². The Kier molecular flexibility index (Phi) is 6.35. The van der Waals surface area contributed by atoms with Crippen molar-refractivity contribution >= 4 is 23.3 Å². The van der Waals surface area contributed by atoms with Crippen LogP contribution in [-0.4, -0.2) is 37.7 Å². The minimum Gasteiger partial charge on any atom is -0.493 e. The largest absolute Gasteiger partial charge is 0.493 e. The van der Waals surface area contributed by atoms with Crippen molar-refractivity contribution in [1.29, 1.82) is 0 Å². The molecule has 0 bridgehead atoms. The Bertz CT molecular complexity index is 1060. The van der Waals surface area contributed by atoms with E-state index in [0.717, 1.165) is 30.2 Å². The lowest BCUT2D eigenvalue weighted by Gasteiger charge is -2.40. The molecule has 2 aromatic rings. The van der Waals surface area contributed by atoms with Crippen LogP contribution in [0.15, 0.2) is 18.3 Å². The Labute approximate surface area is 190 Å². The van der Waals surface area contributed by atoms with Crippen molar-refractivity contribution in [2.75, 3.05) is 30.6 Å². The first-order valence-electron chi connectivity index (χ1n) is 10.7. The van der Waals surface area contributed by atoms with Crippen LogP contribution < -0.4 is 24.6 Å². The first kappa shape index (κ1) is 22.8. The lowest BCUT2D eigenvalue weighted by molar-refractivity contribution is -0.119. The average molecular weight is 460 g/mol. The van der Waals surface area contributed by atoms with E-state index in [9.17, 15) is 9.59 Å². The number of rotatable bonds is 7. The minimum absolute atomic E-state index is 0.0765. The van der Waals surface area contributed by atoms with Gasteiger partial charge < -0.3 is 14.8 Å². The molecule has 0 atom stereocenters. The maximum atomic E-state index is 15.2. The zero-order valence-electron chi connectivity index (χ0n) is 18.8. The lowest BCUT2D eigenvalue weighted by atomic mass is 9.85. The molecule has 2 aliphatic rings. The summed E-state index contributed by atoms with van der Waals surface area (Å²) in [6.07, 6.45) is 4.63. The highest BCUT2D eigenvalue weighted by Crippen LogP contribution is 2.41. The fraction of sp³-hybridized carbons (Fsp3) is 0.435. The van der Waals surface area contributed by atoms with Gasteiger partial charge in [-0.1, -0.05) is 6.42 Å². The predicted octanol–water partition coefficient (Wildman–Crippen LogP) is 3.76. The smallest absolute Gasteiger partial charge is 0.329 e. The highest BCUT2D eigenvalue weighted by atomic mass is 19.1. The maximum absolute atomic E-state index is 15.2. The van der Waals surface area contributed by atoms with Crippen molar-refractivity contribution < 1.29 is 27.8 Å². The first-order valence-corrected chi connectivity index (χ1v) is 10.7. The molecule has 3 amide bonds. The first-order chi connectivity index (χ1) is 15.8. The molecule has 4 rings (SSSR count). The molecular formula is C23H26F2N4O4. The second-order valence-corrected chi connectivity index (χ2v) is 8.25. The number of fused-ring (bicyclic) bond motifs is 1. The SMILES string of the molecule is COc1cc(OC)c(F)c(N2Cc3cnc(CNC(C)=O)cc3N(CC3CCC3)C2=O)c1F. The molecule has 1 aliphatic carbocycles. The molecule has 10 heteroatoms. The van der Waals surface area contributed by atoms with Crippen LogP contribution in [0.1, 0.15) is 37.4 Å². The third-order valence-corrected chi connectivity index (χ3v) is 6.10. The number of benzene rings is 1. The van der Waals surface area contributed by atoms with Gasteiger partial charge in [-0.05, 0) is 24.8 Å². The molecule has 8 nitrogen and oxygen atoms in total. The summed E-state index contributed by atoms with van der Waals surface area (Å²) in [6, 6.07) is 2.32. The van der Waals surface area contributed by atoms with Gasteiger partial charge in [0.05, 0.1) is 38.7 Å². The molecule has 0 saturated heterocycles. The van der Waals surface area contributed by atoms with E-state index in [0.29, 0.717) is 29.4 Å². The van der Waals surface area contributed by atoms with Gasteiger partial charge in [0.2, 0.25) is 5.91 Å². The number of carbonyl (C=O) groups is 2. The summed E-state index contributed by atoms with van der Waals surface area (Å²) in [5.74, 6) is -2.30. The van der Waals surface area contributed by atoms with E-state index in [4.69, 9.17) is 9.47 Å². The number of carbonyl (C=O) groups excluding carboxylic acids is 2. The molecule has 0 spiro atoms. The third-order valence-electron chi connectivity index (χ3n) is 6.10. The number of hydrogen-bond acceptors (Lipinski definition) is 5. The Hall–Kier alpha value is -3.43. The Morgan fingerprint density at radius 3 is 2.39 bits per heavy atom. The highest BCUT2D eigenvalue weighted by molar-refractivity contribution is 6.06. The summed E-state index contributed by atoms with van der Waals surface area (Å²) in [5, 5.41) is 2.69. The van der Waals surface area contributed by atoms with E-state index in [-0.39, 0.29) is 30.5 Å². The molecular weight excluding hydrogens is 434 g/mol. The molecule has 1 aliphatic heterocycles. The zero-order chi connectivity index (χ0) is 23.7. The third kappa shape index (κ3) is 4.29. The summed E-state index contributed by atoms with van der Waals surface area (Å²) in [5.41, 5.74) is 1.34. The molecule has 0 unspecified atom stereocenters. The lowest BCUT2D eigenvalue weighted by Crippen LogP contribution is -2.50. The minimum atomic E-state index is -0.980. The van der Waals surface area contributed by atoms with Gasteiger partial charge in [-0.3, -0.25) is 19.6 Å². The van der Waals surface area contributed by atoms with Gasteiger partial charge >= 0.3 is 6.03 Å². The van der Waals surface area contributed by atoms with Crippen LogP contribution in [0.4, 0.5) is 25.0 Å². The number of ether oxygens (including phenoxy) is 2. The Morgan fingerprint density at radius 2 is 1.85 bits per heavy atom.